The molecule has 2 aliphatic rings. The van der Waals surface area contributed by atoms with Crippen LogP contribution in [0.15, 0.2) is 53.4 Å². The molecule has 2 fully saturated rings. The van der Waals surface area contributed by atoms with Gasteiger partial charge in [0.2, 0.25) is 10.0 Å². The number of hydrogen-bond donors (Lipinski definition) is 1. The van der Waals surface area contributed by atoms with Crippen molar-refractivity contribution in [2.24, 2.45) is 0 Å². The molecule has 1 N–H and O–H groups in total. The molecule has 2 bridgehead atoms. The molecule has 0 amide bonds. The number of benzene rings is 2. The van der Waals surface area contributed by atoms with Gasteiger partial charge in [-0.3, -0.25) is 0 Å². The van der Waals surface area contributed by atoms with Crippen molar-refractivity contribution in [2.75, 3.05) is 20.2 Å². The van der Waals surface area contributed by atoms with E-state index in [0.717, 1.165) is 25.0 Å². The van der Waals surface area contributed by atoms with Crippen molar-refractivity contribution in [3.63, 3.8) is 0 Å². The van der Waals surface area contributed by atoms with Gasteiger partial charge in [0.15, 0.2) is 0 Å². The number of fused-ring (bicyclic) bond motifs is 2. The van der Waals surface area contributed by atoms with Gasteiger partial charge in [0, 0.05) is 25.2 Å². The zero-order chi connectivity index (χ0) is 18.9. The summed E-state index contributed by atoms with van der Waals surface area (Å²) in [5.41, 5.74) is 0. The first-order valence-electron chi connectivity index (χ1n) is 9.23. The second-order valence-electron chi connectivity index (χ2n) is 7.04. The first-order chi connectivity index (χ1) is 13.0. The van der Waals surface area contributed by atoms with Gasteiger partial charge in [-0.1, -0.05) is 0 Å². The number of halogens is 1. The Labute approximate surface area is 172 Å². The molecule has 2 saturated heterocycles. The van der Waals surface area contributed by atoms with Crippen LogP contribution in [0.1, 0.15) is 19.3 Å². The lowest BCUT2D eigenvalue weighted by Crippen LogP contribution is -2.39. The largest absolute Gasteiger partial charge is 0.497 e. The van der Waals surface area contributed by atoms with Crippen molar-refractivity contribution in [3.8, 4) is 17.2 Å². The SMILES string of the molecule is COc1ccc(Oc2ccc(S(=O)(=O)N3CCC4CCC(C3)N4)cc2)cc1.Cl. The molecule has 2 unspecified atom stereocenters. The highest BCUT2D eigenvalue weighted by Gasteiger charge is 2.34. The average molecular weight is 425 g/mol. The molecule has 8 heteroatoms. The van der Waals surface area contributed by atoms with Crippen molar-refractivity contribution in [3.05, 3.63) is 48.5 Å². The van der Waals surface area contributed by atoms with Crippen LogP contribution in [-0.4, -0.2) is 45.0 Å². The molecule has 6 nitrogen and oxygen atoms in total. The van der Waals surface area contributed by atoms with Crippen LogP contribution >= 0.6 is 12.4 Å². The first kappa shape index (κ1) is 20.9. The summed E-state index contributed by atoms with van der Waals surface area (Å²) in [6.07, 6.45) is 3.07. The number of nitrogens with zero attached hydrogens (tertiary/aromatic N) is 1. The van der Waals surface area contributed by atoms with Gasteiger partial charge in [0.05, 0.1) is 12.0 Å². The van der Waals surface area contributed by atoms with Gasteiger partial charge in [0.25, 0.3) is 0 Å². The van der Waals surface area contributed by atoms with Crippen LogP contribution in [0, 0.1) is 0 Å². The minimum atomic E-state index is -3.49. The zero-order valence-corrected chi connectivity index (χ0v) is 17.3. The predicted octanol–water partition coefficient (Wildman–Crippen LogP) is 3.42. The van der Waals surface area contributed by atoms with Gasteiger partial charge in [-0.25, -0.2) is 8.42 Å². The minimum Gasteiger partial charge on any atom is -0.497 e. The van der Waals surface area contributed by atoms with E-state index in [1.165, 1.54) is 0 Å². The fraction of sp³-hybridized carbons (Fsp3) is 0.400. The summed E-state index contributed by atoms with van der Waals surface area (Å²) in [4.78, 5) is 0.308. The van der Waals surface area contributed by atoms with E-state index in [0.29, 0.717) is 35.5 Å². The third kappa shape index (κ3) is 4.43. The molecule has 2 atom stereocenters. The van der Waals surface area contributed by atoms with E-state index in [-0.39, 0.29) is 18.4 Å². The fourth-order valence-electron chi connectivity index (χ4n) is 3.74. The lowest BCUT2D eigenvalue weighted by Gasteiger charge is -2.23. The van der Waals surface area contributed by atoms with E-state index < -0.39 is 10.0 Å². The third-order valence-corrected chi connectivity index (χ3v) is 7.12. The van der Waals surface area contributed by atoms with Gasteiger partial charge < -0.3 is 14.8 Å². The number of methoxy groups -OCH3 is 1. The maximum atomic E-state index is 13.0. The van der Waals surface area contributed by atoms with Crippen molar-refractivity contribution >= 4 is 22.4 Å². The van der Waals surface area contributed by atoms with E-state index in [9.17, 15) is 8.42 Å². The monoisotopic (exact) mass is 424 g/mol. The van der Waals surface area contributed by atoms with Crippen molar-refractivity contribution in [2.45, 2.75) is 36.2 Å². The molecular formula is C20H25ClN2O4S. The number of ether oxygens (including phenoxy) is 2. The van der Waals surface area contributed by atoms with Crippen molar-refractivity contribution in [1.82, 2.24) is 9.62 Å². The summed E-state index contributed by atoms with van der Waals surface area (Å²) < 4.78 is 38.5. The molecule has 152 valence electrons. The molecule has 2 aromatic rings. The molecule has 28 heavy (non-hydrogen) atoms. The molecule has 0 radical (unpaired) electrons. The lowest BCUT2D eigenvalue weighted by molar-refractivity contribution is 0.383. The van der Waals surface area contributed by atoms with Crippen LogP contribution < -0.4 is 14.8 Å². The normalized spacial score (nSPS) is 22.2. The fourth-order valence-corrected chi connectivity index (χ4v) is 5.24. The van der Waals surface area contributed by atoms with Crippen molar-refractivity contribution < 1.29 is 17.9 Å². The Morgan fingerprint density at radius 3 is 2.11 bits per heavy atom. The molecule has 0 aliphatic carbocycles. The van der Waals surface area contributed by atoms with E-state index in [4.69, 9.17) is 9.47 Å². The Morgan fingerprint density at radius 2 is 1.46 bits per heavy atom. The zero-order valence-electron chi connectivity index (χ0n) is 15.7. The molecule has 2 heterocycles. The van der Waals surface area contributed by atoms with E-state index in [1.54, 1.807) is 35.7 Å². The Morgan fingerprint density at radius 1 is 0.893 bits per heavy atom. The predicted molar refractivity (Wildman–Crippen MR) is 110 cm³/mol. The summed E-state index contributed by atoms with van der Waals surface area (Å²) in [5, 5.41) is 3.52. The first-order valence-corrected chi connectivity index (χ1v) is 10.7. The highest BCUT2D eigenvalue weighted by atomic mass is 35.5. The molecule has 0 aromatic heterocycles. The summed E-state index contributed by atoms with van der Waals surface area (Å²) >= 11 is 0. The molecule has 2 aliphatic heterocycles. The van der Waals surface area contributed by atoms with E-state index >= 15 is 0 Å². The number of sulfonamides is 1. The Balaban J connectivity index is 0.00000225. The lowest BCUT2D eigenvalue weighted by atomic mass is 10.1. The Kier molecular flexibility index (Phi) is 6.50. The van der Waals surface area contributed by atoms with Crippen LogP contribution in [-0.2, 0) is 10.0 Å². The second kappa shape index (κ2) is 8.69. The summed E-state index contributed by atoms with van der Waals surface area (Å²) in [5.74, 6) is 2.01. The van der Waals surface area contributed by atoms with Gasteiger partial charge in [0.1, 0.15) is 17.2 Å². The Bertz CT molecular complexity index is 887. The standard InChI is InChI=1S/C20H24N2O4S.ClH/c1-25-17-4-6-18(7-5-17)26-19-8-10-20(11-9-19)27(23,24)22-13-12-15-2-3-16(14-22)21-15;/h4-11,15-16,21H,2-3,12-14H2,1H3;1H. The molecule has 4 rings (SSSR count). The topological polar surface area (TPSA) is 67.9 Å². The average Bonchev–Trinajstić information content (AvgIpc) is 3.01. The molecule has 0 saturated carbocycles. The maximum absolute atomic E-state index is 13.0. The highest BCUT2D eigenvalue weighted by molar-refractivity contribution is 7.89. The number of hydrogen-bond acceptors (Lipinski definition) is 5. The van der Waals surface area contributed by atoms with E-state index in [1.807, 2.05) is 24.3 Å². The summed E-state index contributed by atoms with van der Waals surface area (Å²) in [7, 11) is -1.87. The highest BCUT2D eigenvalue weighted by Crippen LogP contribution is 2.28. The number of nitrogens with one attached hydrogen (secondary N) is 1. The van der Waals surface area contributed by atoms with Crippen LogP contribution in [0.25, 0.3) is 0 Å². The molecule has 2 aromatic carbocycles. The van der Waals surface area contributed by atoms with Crippen LogP contribution in [0.5, 0.6) is 17.2 Å². The Hall–Kier alpha value is -1.80. The summed E-state index contributed by atoms with van der Waals surface area (Å²) in [6.45, 7) is 1.11. The second-order valence-corrected chi connectivity index (χ2v) is 8.98. The number of rotatable bonds is 5. The molecular weight excluding hydrogens is 400 g/mol. The third-order valence-electron chi connectivity index (χ3n) is 5.24. The smallest absolute Gasteiger partial charge is 0.243 e. The summed E-state index contributed by atoms with van der Waals surface area (Å²) in [6, 6.07) is 14.6. The minimum absolute atomic E-state index is 0. The van der Waals surface area contributed by atoms with Gasteiger partial charge in [-0.05, 0) is 67.8 Å². The van der Waals surface area contributed by atoms with Gasteiger partial charge in [-0.15, -0.1) is 12.4 Å². The quantitative estimate of drug-likeness (QED) is 0.796. The van der Waals surface area contributed by atoms with Gasteiger partial charge in [-0.2, -0.15) is 4.31 Å². The van der Waals surface area contributed by atoms with Gasteiger partial charge >= 0.3 is 0 Å². The van der Waals surface area contributed by atoms with Crippen LogP contribution in [0.2, 0.25) is 0 Å². The van der Waals surface area contributed by atoms with Crippen molar-refractivity contribution in [1.29, 1.82) is 0 Å². The maximum Gasteiger partial charge on any atom is 0.243 e. The van der Waals surface area contributed by atoms with Crippen LogP contribution in [0.3, 0.4) is 0 Å². The van der Waals surface area contributed by atoms with Crippen LogP contribution in [0.4, 0.5) is 0 Å². The molecule has 0 spiro atoms. The van der Waals surface area contributed by atoms with E-state index in [2.05, 4.69) is 5.32 Å².